The third kappa shape index (κ3) is 4.42. The maximum absolute atomic E-state index is 12.7. The van der Waals surface area contributed by atoms with E-state index in [9.17, 15) is 9.59 Å². The fourth-order valence-electron chi connectivity index (χ4n) is 4.00. The maximum Gasteiger partial charge on any atom is 0.245 e. The van der Waals surface area contributed by atoms with Crippen molar-refractivity contribution >= 4 is 11.8 Å². The molecule has 1 unspecified atom stereocenters. The van der Waals surface area contributed by atoms with Crippen LogP contribution in [-0.4, -0.2) is 70.5 Å². The molecular formula is C21H27N5O3. The van der Waals surface area contributed by atoms with Crippen molar-refractivity contribution in [2.24, 2.45) is 0 Å². The smallest absolute Gasteiger partial charge is 0.245 e. The maximum atomic E-state index is 12.7. The number of benzene rings is 1. The molecule has 8 nitrogen and oxygen atoms in total. The molecule has 0 aliphatic carbocycles. The quantitative estimate of drug-likeness (QED) is 0.820. The van der Waals surface area contributed by atoms with Crippen LogP contribution in [0.1, 0.15) is 25.1 Å². The predicted octanol–water partition coefficient (Wildman–Crippen LogP) is 1.19. The van der Waals surface area contributed by atoms with Crippen LogP contribution < -0.4 is 10.1 Å². The molecule has 2 saturated heterocycles. The average Bonchev–Trinajstić information content (AvgIpc) is 3.31. The molecule has 4 rings (SSSR count). The van der Waals surface area contributed by atoms with Gasteiger partial charge in [0, 0.05) is 50.7 Å². The topological polar surface area (TPSA) is 79.7 Å². The van der Waals surface area contributed by atoms with Gasteiger partial charge in [0.2, 0.25) is 11.8 Å². The van der Waals surface area contributed by atoms with Gasteiger partial charge in [-0.15, -0.1) is 0 Å². The SMILES string of the molecule is COc1ccc(-n2ccnc2CN2CCCN(C(=O)C3CCC(=O)N3)CC2)cc1. The van der Waals surface area contributed by atoms with Crippen LogP contribution in [0.2, 0.25) is 0 Å². The molecule has 0 saturated carbocycles. The van der Waals surface area contributed by atoms with E-state index in [2.05, 4.69) is 19.8 Å². The van der Waals surface area contributed by atoms with Crippen LogP contribution in [0, 0.1) is 0 Å². The van der Waals surface area contributed by atoms with Crippen LogP contribution in [0.5, 0.6) is 5.75 Å². The molecule has 1 aromatic carbocycles. The monoisotopic (exact) mass is 397 g/mol. The molecule has 0 spiro atoms. The lowest BCUT2D eigenvalue weighted by Crippen LogP contribution is -2.45. The minimum Gasteiger partial charge on any atom is -0.497 e. The molecule has 0 radical (unpaired) electrons. The molecule has 29 heavy (non-hydrogen) atoms. The van der Waals surface area contributed by atoms with Gasteiger partial charge >= 0.3 is 0 Å². The Morgan fingerprint density at radius 2 is 2.03 bits per heavy atom. The lowest BCUT2D eigenvalue weighted by Gasteiger charge is -2.24. The van der Waals surface area contributed by atoms with E-state index in [1.165, 1.54) is 0 Å². The normalized spacial score (nSPS) is 20.4. The minimum absolute atomic E-state index is 0.0230. The summed E-state index contributed by atoms with van der Waals surface area (Å²) in [5.41, 5.74) is 1.04. The van der Waals surface area contributed by atoms with Gasteiger partial charge in [0.1, 0.15) is 17.6 Å². The Kier molecular flexibility index (Phi) is 5.80. The number of hydrogen-bond acceptors (Lipinski definition) is 5. The lowest BCUT2D eigenvalue weighted by molar-refractivity contribution is -0.134. The van der Waals surface area contributed by atoms with Gasteiger partial charge < -0.3 is 19.5 Å². The van der Waals surface area contributed by atoms with Crippen molar-refractivity contribution in [1.82, 2.24) is 24.7 Å². The van der Waals surface area contributed by atoms with Crippen molar-refractivity contribution in [3.63, 3.8) is 0 Å². The molecule has 2 fully saturated rings. The number of aromatic nitrogens is 2. The fraction of sp³-hybridized carbons (Fsp3) is 0.476. The zero-order valence-corrected chi connectivity index (χ0v) is 16.7. The van der Waals surface area contributed by atoms with Gasteiger partial charge in [0.15, 0.2) is 0 Å². The van der Waals surface area contributed by atoms with Crippen molar-refractivity contribution < 1.29 is 14.3 Å². The van der Waals surface area contributed by atoms with Gasteiger partial charge in [-0.05, 0) is 37.1 Å². The third-order valence-corrected chi connectivity index (χ3v) is 5.63. The molecule has 2 aliphatic heterocycles. The number of hydrogen-bond donors (Lipinski definition) is 1. The summed E-state index contributed by atoms with van der Waals surface area (Å²) < 4.78 is 7.32. The molecule has 154 valence electrons. The number of carbonyl (C=O) groups excluding carboxylic acids is 2. The molecular weight excluding hydrogens is 370 g/mol. The second kappa shape index (κ2) is 8.65. The largest absolute Gasteiger partial charge is 0.497 e. The Balaban J connectivity index is 1.38. The zero-order valence-electron chi connectivity index (χ0n) is 16.7. The summed E-state index contributed by atoms with van der Waals surface area (Å²) in [6, 6.07) is 7.57. The van der Waals surface area contributed by atoms with Crippen molar-refractivity contribution in [1.29, 1.82) is 0 Å². The molecule has 1 aromatic heterocycles. The fourth-order valence-corrected chi connectivity index (χ4v) is 4.00. The van der Waals surface area contributed by atoms with Crippen LogP contribution in [0.15, 0.2) is 36.7 Å². The molecule has 1 N–H and O–H groups in total. The van der Waals surface area contributed by atoms with Gasteiger partial charge in [0.05, 0.1) is 13.7 Å². The molecule has 3 heterocycles. The van der Waals surface area contributed by atoms with E-state index < -0.39 is 0 Å². The first-order valence-corrected chi connectivity index (χ1v) is 10.1. The molecule has 8 heteroatoms. The summed E-state index contributed by atoms with van der Waals surface area (Å²) in [6.45, 7) is 3.84. The lowest BCUT2D eigenvalue weighted by atomic mass is 10.2. The summed E-state index contributed by atoms with van der Waals surface area (Å²) in [7, 11) is 1.66. The van der Waals surface area contributed by atoms with E-state index in [0.717, 1.165) is 49.9 Å². The van der Waals surface area contributed by atoms with Gasteiger partial charge in [-0.2, -0.15) is 0 Å². The van der Waals surface area contributed by atoms with Crippen LogP contribution in [0.3, 0.4) is 0 Å². The van der Waals surface area contributed by atoms with Crippen molar-refractivity contribution in [3.05, 3.63) is 42.5 Å². The summed E-state index contributed by atoms with van der Waals surface area (Å²) in [6.07, 6.45) is 5.75. The second-order valence-corrected chi connectivity index (χ2v) is 7.53. The number of methoxy groups -OCH3 is 1. The van der Waals surface area contributed by atoms with E-state index >= 15 is 0 Å². The first-order chi connectivity index (χ1) is 14.1. The van der Waals surface area contributed by atoms with E-state index in [1.54, 1.807) is 7.11 Å². The Labute approximate surface area is 170 Å². The summed E-state index contributed by atoms with van der Waals surface area (Å²) >= 11 is 0. The molecule has 2 aromatic rings. The van der Waals surface area contributed by atoms with E-state index in [0.29, 0.717) is 19.4 Å². The Bertz CT molecular complexity index is 863. The third-order valence-electron chi connectivity index (χ3n) is 5.63. The molecule has 2 amide bonds. The van der Waals surface area contributed by atoms with Crippen LogP contribution >= 0.6 is 0 Å². The molecule has 0 bridgehead atoms. The number of amides is 2. The number of ether oxygens (including phenoxy) is 1. The van der Waals surface area contributed by atoms with E-state index in [4.69, 9.17) is 4.74 Å². The highest BCUT2D eigenvalue weighted by Crippen LogP contribution is 2.18. The van der Waals surface area contributed by atoms with E-state index in [-0.39, 0.29) is 17.9 Å². The summed E-state index contributed by atoms with van der Waals surface area (Å²) in [5.74, 6) is 1.83. The summed E-state index contributed by atoms with van der Waals surface area (Å²) in [5, 5.41) is 2.79. The van der Waals surface area contributed by atoms with Crippen molar-refractivity contribution in [2.75, 3.05) is 33.3 Å². The number of imidazole rings is 1. The number of nitrogens with one attached hydrogen (secondary N) is 1. The second-order valence-electron chi connectivity index (χ2n) is 7.53. The van der Waals surface area contributed by atoms with Crippen LogP contribution in [0.4, 0.5) is 0 Å². The number of carbonyl (C=O) groups is 2. The molecule has 2 aliphatic rings. The minimum atomic E-state index is -0.344. The highest BCUT2D eigenvalue weighted by atomic mass is 16.5. The standard InChI is InChI=1S/C21H27N5O3/c1-29-17-5-3-16(4-6-17)26-12-9-22-19(26)15-24-10-2-11-25(14-13-24)21(28)18-7-8-20(27)23-18/h3-6,9,12,18H,2,7-8,10-11,13-15H2,1H3,(H,23,27). The first-order valence-electron chi connectivity index (χ1n) is 10.1. The summed E-state index contributed by atoms with van der Waals surface area (Å²) in [4.78, 5) is 32.9. The van der Waals surface area contributed by atoms with E-state index in [1.807, 2.05) is 41.6 Å². The highest BCUT2D eigenvalue weighted by molar-refractivity contribution is 5.90. The average molecular weight is 397 g/mol. The zero-order chi connectivity index (χ0) is 20.2. The Hall–Kier alpha value is -2.87. The van der Waals surface area contributed by atoms with Gasteiger partial charge in [0.25, 0.3) is 0 Å². The van der Waals surface area contributed by atoms with Gasteiger partial charge in [-0.3, -0.25) is 14.5 Å². The van der Waals surface area contributed by atoms with Crippen molar-refractivity contribution in [2.45, 2.75) is 31.8 Å². The van der Waals surface area contributed by atoms with Gasteiger partial charge in [-0.1, -0.05) is 0 Å². The Morgan fingerprint density at radius 1 is 1.21 bits per heavy atom. The predicted molar refractivity (Wildman–Crippen MR) is 108 cm³/mol. The number of rotatable bonds is 5. The number of nitrogens with zero attached hydrogens (tertiary/aromatic N) is 4. The van der Waals surface area contributed by atoms with Crippen LogP contribution in [-0.2, 0) is 16.1 Å². The van der Waals surface area contributed by atoms with Crippen molar-refractivity contribution in [3.8, 4) is 11.4 Å². The van der Waals surface area contributed by atoms with Crippen LogP contribution in [0.25, 0.3) is 5.69 Å². The Morgan fingerprint density at radius 3 is 2.76 bits per heavy atom. The van der Waals surface area contributed by atoms with Gasteiger partial charge in [-0.25, -0.2) is 4.98 Å². The first kappa shape index (κ1) is 19.4. The highest BCUT2D eigenvalue weighted by Gasteiger charge is 2.31. The molecule has 1 atom stereocenters.